The topological polar surface area (TPSA) is 20.2 Å². The van der Waals surface area contributed by atoms with Crippen LogP contribution in [-0.2, 0) is 0 Å². The van der Waals surface area contributed by atoms with Crippen LogP contribution in [0.25, 0.3) is 0 Å². The molecule has 0 saturated heterocycles. The molecule has 3 atom stereocenters. The van der Waals surface area contributed by atoms with Crippen molar-refractivity contribution < 1.29 is 5.11 Å². The van der Waals surface area contributed by atoms with E-state index in [4.69, 9.17) is 0 Å². The van der Waals surface area contributed by atoms with E-state index in [9.17, 15) is 5.11 Å². The minimum Gasteiger partial charge on any atom is -0.393 e. The van der Waals surface area contributed by atoms with Crippen LogP contribution in [0.3, 0.4) is 0 Å². The maximum Gasteiger partial charge on any atom is 0.0573 e. The van der Waals surface area contributed by atoms with E-state index in [1.54, 1.807) is 0 Å². The first-order chi connectivity index (χ1) is 6.14. The van der Waals surface area contributed by atoms with E-state index >= 15 is 0 Å². The molecule has 1 N–H and O–H groups in total. The first-order valence-corrected chi connectivity index (χ1v) is 5.82. The zero-order chi connectivity index (χ0) is 11.1. The van der Waals surface area contributed by atoms with Gasteiger partial charge in [0.25, 0.3) is 0 Å². The second-order valence-electron chi connectivity index (χ2n) is 6.85. The fraction of sp³-hybridized carbons (Fsp3) is 1.00. The highest BCUT2D eigenvalue weighted by atomic mass is 16.3. The highest BCUT2D eigenvalue weighted by molar-refractivity contribution is 4.93. The van der Waals surface area contributed by atoms with Crippen molar-refractivity contribution in [1.82, 2.24) is 0 Å². The van der Waals surface area contributed by atoms with Gasteiger partial charge in [0.05, 0.1) is 6.10 Å². The molecule has 0 spiro atoms. The van der Waals surface area contributed by atoms with Crippen molar-refractivity contribution in [3.05, 3.63) is 0 Å². The number of hydrogen-bond acceptors (Lipinski definition) is 1. The molecule has 1 fully saturated rings. The van der Waals surface area contributed by atoms with Crippen LogP contribution in [0.2, 0.25) is 0 Å². The smallest absolute Gasteiger partial charge is 0.0573 e. The summed E-state index contributed by atoms with van der Waals surface area (Å²) in [4.78, 5) is 0. The summed E-state index contributed by atoms with van der Waals surface area (Å²) in [5.74, 6) is 1.09. The minimum atomic E-state index is -0.108. The van der Waals surface area contributed by atoms with E-state index in [1.807, 2.05) is 0 Å². The average molecular weight is 198 g/mol. The Morgan fingerprint density at radius 1 is 1.21 bits per heavy atom. The van der Waals surface area contributed by atoms with E-state index in [0.717, 1.165) is 6.42 Å². The van der Waals surface area contributed by atoms with Crippen molar-refractivity contribution in [3.8, 4) is 0 Å². The molecule has 0 radical (unpaired) electrons. The van der Waals surface area contributed by atoms with Gasteiger partial charge in [-0.05, 0) is 35.5 Å². The molecule has 2 unspecified atom stereocenters. The van der Waals surface area contributed by atoms with Gasteiger partial charge in [-0.15, -0.1) is 0 Å². The lowest BCUT2D eigenvalue weighted by atomic mass is 9.59. The van der Waals surface area contributed by atoms with Gasteiger partial charge in [0, 0.05) is 0 Å². The fourth-order valence-electron chi connectivity index (χ4n) is 2.58. The van der Waals surface area contributed by atoms with E-state index < -0.39 is 0 Å². The van der Waals surface area contributed by atoms with Gasteiger partial charge in [-0.25, -0.2) is 0 Å². The molecule has 1 heteroatoms. The predicted molar refractivity (Wildman–Crippen MR) is 61.1 cm³/mol. The number of hydrogen-bond donors (Lipinski definition) is 1. The first kappa shape index (κ1) is 12.0. The Bertz CT molecular complexity index is 200. The van der Waals surface area contributed by atoms with Crippen LogP contribution >= 0.6 is 0 Å². The molecule has 1 rings (SSSR count). The molecule has 0 amide bonds. The van der Waals surface area contributed by atoms with Crippen LogP contribution in [-0.4, -0.2) is 11.2 Å². The second-order valence-corrected chi connectivity index (χ2v) is 6.85. The Morgan fingerprint density at radius 2 is 1.71 bits per heavy atom. The summed E-state index contributed by atoms with van der Waals surface area (Å²) in [7, 11) is 0. The van der Waals surface area contributed by atoms with Crippen molar-refractivity contribution in [1.29, 1.82) is 0 Å². The van der Waals surface area contributed by atoms with Gasteiger partial charge < -0.3 is 5.11 Å². The van der Waals surface area contributed by atoms with Crippen LogP contribution in [0.15, 0.2) is 0 Å². The van der Waals surface area contributed by atoms with Crippen molar-refractivity contribution in [2.75, 3.05) is 0 Å². The van der Waals surface area contributed by atoms with Gasteiger partial charge >= 0.3 is 0 Å². The summed E-state index contributed by atoms with van der Waals surface area (Å²) in [6, 6.07) is 0. The Balaban J connectivity index is 2.79. The Kier molecular flexibility index (Phi) is 3.02. The van der Waals surface area contributed by atoms with Crippen molar-refractivity contribution in [3.63, 3.8) is 0 Å². The summed E-state index contributed by atoms with van der Waals surface area (Å²) in [5, 5.41) is 10.0. The van der Waals surface area contributed by atoms with E-state index in [1.165, 1.54) is 6.42 Å². The number of aliphatic hydroxyl groups excluding tert-OH is 1. The van der Waals surface area contributed by atoms with Gasteiger partial charge in [-0.1, -0.05) is 41.5 Å². The largest absolute Gasteiger partial charge is 0.393 e. The summed E-state index contributed by atoms with van der Waals surface area (Å²) in [6.07, 6.45) is 2.12. The monoisotopic (exact) mass is 198 g/mol. The lowest BCUT2D eigenvalue weighted by Crippen LogP contribution is -2.43. The number of aliphatic hydroxyl groups is 1. The lowest BCUT2D eigenvalue weighted by molar-refractivity contribution is -0.0512. The highest BCUT2D eigenvalue weighted by Gasteiger charge is 2.42. The summed E-state index contributed by atoms with van der Waals surface area (Å²) < 4.78 is 0. The molecular weight excluding hydrogens is 172 g/mol. The SMILES string of the molecule is CC1[C@H](O)CC(C(C)(C)C)CC1(C)C. The lowest BCUT2D eigenvalue weighted by Gasteiger charge is -2.48. The predicted octanol–water partition coefficient (Wildman–Crippen LogP) is 3.47. The van der Waals surface area contributed by atoms with Crippen LogP contribution in [0.5, 0.6) is 0 Å². The quantitative estimate of drug-likeness (QED) is 0.632. The third-order valence-electron chi connectivity index (χ3n) is 4.33. The van der Waals surface area contributed by atoms with E-state index in [2.05, 4.69) is 41.5 Å². The Labute approximate surface area is 88.9 Å². The molecule has 0 aromatic carbocycles. The molecule has 0 aliphatic heterocycles. The molecule has 1 aliphatic carbocycles. The van der Waals surface area contributed by atoms with Crippen molar-refractivity contribution >= 4 is 0 Å². The first-order valence-electron chi connectivity index (χ1n) is 5.82. The molecule has 1 saturated carbocycles. The molecule has 1 nitrogen and oxygen atoms in total. The third-order valence-corrected chi connectivity index (χ3v) is 4.33. The standard InChI is InChI=1S/C13H26O/c1-9-11(14)7-10(12(2,3)4)8-13(9,5)6/h9-11,14H,7-8H2,1-6H3/t9?,10?,11-/m1/s1. The van der Waals surface area contributed by atoms with Gasteiger partial charge in [0.2, 0.25) is 0 Å². The zero-order valence-electron chi connectivity index (χ0n) is 10.6. The molecule has 0 bridgehead atoms. The van der Waals surface area contributed by atoms with Gasteiger partial charge in [-0.2, -0.15) is 0 Å². The van der Waals surface area contributed by atoms with Gasteiger partial charge in [0.1, 0.15) is 0 Å². The molecule has 0 aromatic heterocycles. The van der Waals surface area contributed by atoms with Crippen LogP contribution in [0.1, 0.15) is 54.4 Å². The third kappa shape index (κ3) is 2.31. The molecule has 14 heavy (non-hydrogen) atoms. The normalized spacial score (nSPS) is 38.4. The van der Waals surface area contributed by atoms with E-state index in [0.29, 0.717) is 17.3 Å². The zero-order valence-corrected chi connectivity index (χ0v) is 10.6. The average Bonchev–Trinajstić information content (AvgIpc) is 1.97. The van der Waals surface area contributed by atoms with E-state index in [-0.39, 0.29) is 11.5 Å². The minimum absolute atomic E-state index is 0.108. The summed E-state index contributed by atoms with van der Waals surface area (Å²) in [6.45, 7) is 13.6. The second kappa shape index (κ2) is 3.52. The number of rotatable bonds is 0. The molecular formula is C13H26O. The Morgan fingerprint density at radius 3 is 2.07 bits per heavy atom. The molecule has 84 valence electrons. The van der Waals surface area contributed by atoms with Crippen LogP contribution < -0.4 is 0 Å². The van der Waals surface area contributed by atoms with Crippen molar-refractivity contribution in [2.24, 2.45) is 22.7 Å². The Hall–Kier alpha value is -0.0400. The maximum absolute atomic E-state index is 10.0. The molecule has 1 aliphatic rings. The summed E-state index contributed by atoms with van der Waals surface area (Å²) >= 11 is 0. The van der Waals surface area contributed by atoms with Gasteiger partial charge in [-0.3, -0.25) is 0 Å². The van der Waals surface area contributed by atoms with Crippen LogP contribution in [0, 0.1) is 22.7 Å². The fourth-order valence-corrected chi connectivity index (χ4v) is 2.58. The van der Waals surface area contributed by atoms with Gasteiger partial charge in [0.15, 0.2) is 0 Å². The summed E-state index contributed by atoms with van der Waals surface area (Å²) in [5.41, 5.74) is 0.619. The van der Waals surface area contributed by atoms with Crippen molar-refractivity contribution in [2.45, 2.75) is 60.5 Å². The van der Waals surface area contributed by atoms with Crippen LogP contribution in [0.4, 0.5) is 0 Å². The highest BCUT2D eigenvalue weighted by Crippen LogP contribution is 2.48. The molecule has 0 heterocycles. The molecule has 0 aromatic rings. The maximum atomic E-state index is 10.0.